The highest BCUT2D eigenvalue weighted by Crippen LogP contribution is 2.20. The summed E-state index contributed by atoms with van der Waals surface area (Å²) >= 11 is 0. The van der Waals surface area contributed by atoms with Gasteiger partial charge in [-0.25, -0.2) is 9.59 Å². The molecule has 0 aliphatic heterocycles. The number of para-hydroxylation sites is 1. The van der Waals surface area contributed by atoms with Crippen LogP contribution in [0.1, 0.15) is 38.8 Å². The minimum atomic E-state index is -0.962. The standard InChI is InChI=1S/C24H21NO5/c1-2-29-24(28)19-7-5-8-21(14-19)25-15-20-6-3-4-9-22(20)30-16-17-10-12-18(13-11-17)23(26)27/h3-15H,2,16H2,1H3,(H,26,27). The van der Waals surface area contributed by atoms with Crippen LogP contribution in [-0.4, -0.2) is 29.9 Å². The minimum absolute atomic E-state index is 0.233. The first-order valence-corrected chi connectivity index (χ1v) is 9.42. The summed E-state index contributed by atoms with van der Waals surface area (Å²) in [5, 5.41) is 8.98. The van der Waals surface area contributed by atoms with E-state index in [9.17, 15) is 9.59 Å². The van der Waals surface area contributed by atoms with E-state index in [0.29, 0.717) is 30.2 Å². The highest BCUT2D eigenvalue weighted by atomic mass is 16.5. The number of ether oxygens (including phenoxy) is 2. The summed E-state index contributed by atoms with van der Waals surface area (Å²) in [7, 11) is 0. The largest absolute Gasteiger partial charge is 0.488 e. The van der Waals surface area contributed by atoms with Crippen LogP contribution in [0.5, 0.6) is 5.75 Å². The van der Waals surface area contributed by atoms with Crippen LogP contribution in [0, 0.1) is 0 Å². The number of esters is 1. The summed E-state index contributed by atoms with van der Waals surface area (Å²) in [6, 6.07) is 20.9. The molecule has 30 heavy (non-hydrogen) atoms. The summed E-state index contributed by atoms with van der Waals surface area (Å²) < 4.78 is 10.9. The summed E-state index contributed by atoms with van der Waals surface area (Å²) in [4.78, 5) is 27.3. The van der Waals surface area contributed by atoms with Gasteiger partial charge in [0.25, 0.3) is 0 Å². The van der Waals surface area contributed by atoms with Crippen LogP contribution < -0.4 is 4.74 Å². The molecule has 0 radical (unpaired) electrons. The molecule has 6 nitrogen and oxygen atoms in total. The molecule has 152 valence electrons. The van der Waals surface area contributed by atoms with Crippen LogP contribution in [0.25, 0.3) is 0 Å². The molecule has 0 aliphatic rings. The molecule has 6 heteroatoms. The van der Waals surface area contributed by atoms with E-state index in [2.05, 4.69) is 4.99 Å². The van der Waals surface area contributed by atoms with Gasteiger partial charge in [-0.3, -0.25) is 4.99 Å². The van der Waals surface area contributed by atoms with Gasteiger partial charge in [-0.15, -0.1) is 0 Å². The molecule has 0 aliphatic carbocycles. The summed E-state index contributed by atoms with van der Waals surface area (Å²) in [6.45, 7) is 2.37. The number of carboxylic acid groups (broad SMARTS) is 1. The van der Waals surface area contributed by atoms with Crippen molar-refractivity contribution < 1.29 is 24.2 Å². The molecular weight excluding hydrogens is 382 g/mol. The fraction of sp³-hybridized carbons (Fsp3) is 0.125. The quantitative estimate of drug-likeness (QED) is 0.427. The van der Waals surface area contributed by atoms with Gasteiger partial charge in [-0.1, -0.05) is 30.3 Å². The molecule has 0 heterocycles. The number of aromatic carboxylic acids is 1. The maximum Gasteiger partial charge on any atom is 0.338 e. The Morgan fingerprint density at radius 1 is 0.967 bits per heavy atom. The Bertz CT molecular complexity index is 1060. The number of carbonyl (C=O) groups is 2. The SMILES string of the molecule is CCOC(=O)c1cccc(N=Cc2ccccc2OCc2ccc(C(=O)O)cc2)c1. The van der Waals surface area contributed by atoms with E-state index in [0.717, 1.165) is 11.1 Å². The minimum Gasteiger partial charge on any atom is -0.488 e. The molecule has 3 aromatic carbocycles. The second-order valence-corrected chi connectivity index (χ2v) is 6.36. The lowest BCUT2D eigenvalue weighted by Gasteiger charge is -2.09. The number of hydrogen-bond donors (Lipinski definition) is 1. The highest BCUT2D eigenvalue weighted by Gasteiger charge is 2.07. The van der Waals surface area contributed by atoms with E-state index in [1.807, 2.05) is 24.3 Å². The first-order chi connectivity index (χ1) is 14.6. The zero-order valence-electron chi connectivity index (χ0n) is 16.4. The number of rotatable bonds is 8. The van der Waals surface area contributed by atoms with Gasteiger partial charge in [0.1, 0.15) is 12.4 Å². The first-order valence-electron chi connectivity index (χ1n) is 9.42. The number of nitrogens with zero attached hydrogens (tertiary/aromatic N) is 1. The van der Waals surface area contributed by atoms with Gasteiger partial charge in [0, 0.05) is 11.8 Å². The van der Waals surface area contributed by atoms with Crippen molar-refractivity contribution in [2.24, 2.45) is 4.99 Å². The third kappa shape index (κ3) is 5.54. The second kappa shape index (κ2) is 10.0. The Morgan fingerprint density at radius 3 is 2.47 bits per heavy atom. The van der Waals surface area contributed by atoms with Crippen LogP contribution in [0.2, 0.25) is 0 Å². The van der Waals surface area contributed by atoms with Crippen molar-refractivity contribution in [1.82, 2.24) is 0 Å². The predicted molar refractivity (Wildman–Crippen MR) is 114 cm³/mol. The number of aliphatic imine (C=N–C) groups is 1. The Kier molecular flexibility index (Phi) is 6.95. The molecule has 0 unspecified atom stereocenters. The zero-order valence-corrected chi connectivity index (χ0v) is 16.4. The van der Waals surface area contributed by atoms with E-state index in [4.69, 9.17) is 14.6 Å². The van der Waals surface area contributed by atoms with Crippen LogP contribution >= 0.6 is 0 Å². The second-order valence-electron chi connectivity index (χ2n) is 6.36. The van der Waals surface area contributed by atoms with E-state index in [-0.39, 0.29) is 11.5 Å². The summed E-state index contributed by atoms with van der Waals surface area (Å²) in [5.41, 5.74) is 2.94. The normalized spacial score (nSPS) is 10.7. The summed E-state index contributed by atoms with van der Waals surface area (Å²) in [6.07, 6.45) is 1.67. The van der Waals surface area contributed by atoms with E-state index in [1.165, 1.54) is 0 Å². The number of benzene rings is 3. The lowest BCUT2D eigenvalue weighted by molar-refractivity contribution is 0.0526. The van der Waals surface area contributed by atoms with Gasteiger partial charge >= 0.3 is 11.9 Å². The average Bonchev–Trinajstić information content (AvgIpc) is 2.77. The third-order valence-electron chi connectivity index (χ3n) is 4.22. The number of hydrogen-bond acceptors (Lipinski definition) is 5. The molecule has 1 N–H and O–H groups in total. The Labute approximate surface area is 174 Å². The lowest BCUT2D eigenvalue weighted by atomic mass is 10.1. The fourth-order valence-corrected chi connectivity index (χ4v) is 2.69. The maximum atomic E-state index is 11.9. The van der Waals surface area contributed by atoms with E-state index in [1.54, 1.807) is 61.7 Å². The lowest BCUT2D eigenvalue weighted by Crippen LogP contribution is -2.03. The first kappa shape index (κ1) is 20.8. The van der Waals surface area contributed by atoms with Gasteiger partial charge in [0.15, 0.2) is 0 Å². The van der Waals surface area contributed by atoms with E-state index >= 15 is 0 Å². The molecule has 0 spiro atoms. The highest BCUT2D eigenvalue weighted by molar-refractivity contribution is 5.91. The van der Waals surface area contributed by atoms with Crippen LogP contribution in [0.4, 0.5) is 5.69 Å². The van der Waals surface area contributed by atoms with Crippen LogP contribution in [0.3, 0.4) is 0 Å². The molecule has 0 saturated heterocycles. The monoisotopic (exact) mass is 403 g/mol. The van der Waals surface area contributed by atoms with E-state index < -0.39 is 5.97 Å². The number of carbonyl (C=O) groups excluding carboxylic acids is 1. The van der Waals surface area contributed by atoms with Crippen molar-refractivity contribution in [2.75, 3.05) is 6.61 Å². The molecule has 0 saturated carbocycles. The topological polar surface area (TPSA) is 85.2 Å². The Morgan fingerprint density at radius 2 is 1.73 bits per heavy atom. The smallest absolute Gasteiger partial charge is 0.338 e. The molecule has 0 amide bonds. The molecule has 3 aromatic rings. The third-order valence-corrected chi connectivity index (χ3v) is 4.22. The van der Waals surface area contributed by atoms with Gasteiger partial charge in [0.05, 0.1) is 23.4 Å². The molecule has 3 rings (SSSR count). The predicted octanol–water partition coefficient (Wildman–Crippen LogP) is 4.89. The van der Waals surface area contributed by atoms with Crippen molar-refractivity contribution in [2.45, 2.75) is 13.5 Å². The van der Waals surface area contributed by atoms with Gasteiger partial charge in [-0.05, 0) is 55.0 Å². The molecule has 0 aromatic heterocycles. The Hall–Kier alpha value is -3.93. The van der Waals surface area contributed by atoms with Gasteiger partial charge < -0.3 is 14.6 Å². The van der Waals surface area contributed by atoms with Crippen molar-refractivity contribution in [3.8, 4) is 5.75 Å². The molecule has 0 fully saturated rings. The number of carboxylic acids is 1. The van der Waals surface area contributed by atoms with Crippen molar-refractivity contribution in [1.29, 1.82) is 0 Å². The average molecular weight is 403 g/mol. The van der Waals surface area contributed by atoms with Crippen molar-refractivity contribution >= 4 is 23.8 Å². The Balaban J connectivity index is 1.71. The molecule has 0 atom stereocenters. The maximum absolute atomic E-state index is 11.9. The zero-order chi connectivity index (χ0) is 21.3. The molecular formula is C24H21NO5. The fourth-order valence-electron chi connectivity index (χ4n) is 2.69. The van der Waals surface area contributed by atoms with Gasteiger partial charge in [-0.2, -0.15) is 0 Å². The van der Waals surface area contributed by atoms with Crippen molar-refractivity contribution in [3.05, 3.63) is 95.1 Å². The van der Waals surface area contributed by atoms with Crippen LogP contribution in [-0.2, 0) is 11.3 Å². The van der Waals surface area contributed by atoms with Gasteiger partial charge in [0.2, 0.25) is 0 Å². The summed E-state index contributed by atoms with van der Waals surface area (Å²) in [5.74, 6) is -0.701. The van der Waals surface area contributed by atoms with Crippen LogP contribution in [0.15, 0.2) is 77.8 Å². The molecule has 0 bridgehead atoms. The van der Waals surface area contributed by atoms with Crippen molar-refractivity contribution in [3.63, 3.8) is 0 Å².